The van der Waals surface area contributed by atoms with Crippen molar-refractivity contribution in [3.05, 3.63) is 17.7 Å². The molecule has 6 heteroatoms. The molecule has 6 nitrogen and oxygen atoms in total. The van der Waals surface area contributed by atoms with Gasteiger partial charge in [-0.2, -0.15) is 0 Å². The summed E-state index contributed by atoms with van der Waals surface area (Å²) in [5.41, 5.74) is 2.12. The number of carbonyl (C=O) groups is 1. The quantitative estimate of drug-likeness (QED) is 0.736. The Morgan fingerprint density at radius 3 is 2.95 bits per heavy atom. The smallest absolute Gasteiger partial charge is 0.240 e. The lowest BCUT2D eigenvalue weighted by Gasteiger charge is -2.35. The van der Waals surface area contributed by atoms with Crippen LogP contribution in [0.15, 0.2) is 6.33 Å². The fourth-order valence-corrected chi connectivity index (χ4v) is 3.36. The first-order valence-corrected chi connectivity index (χ1v) is 6.98. The summed E-state index contributed by atoms with van der Waals surface area (Å²) in [6.45, 7) is 2.20. The summed E-state index contributed by atoms with van der Waals surface area (Å²) in [7, 11) is 0. The summed E-state index contributed by atoms with van der Waals surface area (Å²) in [6.07, 6.45) is 5.09. The number of likely N-dealkylation sites (tertiary alicyclic amines) is 1. The molecule has 2 saturated heterocycles. The fourth-order valence-electron chi connectivity index (χ4n) is 3.36. The highest BCUT2D eigenvalue weighted by Gasteiger charge is 2.38. The second-order valence-electron chi connectivity index (χ2n) is 5.67. The third-order valence-electron chi connectivity index (χ3n) is 4.38. The van der Waals surface area contributed by atoms with E-state index < -0.39 is 0 Å². The van der Waals surface area contributed by atoms with Gasteiger partial charge in [-0.05, 0) is 12.8 Å². The number of nitrogens with zero attached hydrogens (tertiary/aromatic N) is 2. The fraction of sp³-hybridized carbons (Fsp3) is 0.692. The summed E-state index contributed by atoms with van der Waals surface area (Å²) >= 11 is 0. The highest BCUT2D eigenvalue weighted by molar-refractivity contribution is 5.82. The molecule has 19 heavy (non-hydrogen) atoms. The van der Waals surface area contributed by atoms with Gasteiger partial charge in [0.25, 0.3) is 0 Å². The van der Waals surface area contributed by atoms with Crippen LogP contribution in [0.2, 0.25) is 0 Å². The van der Waals surface area contributed by atoms with Gasteiger partial charge in [-0.1, -0.05) is 0 Å². The van der Waals surface area contributed by atoms with Gasteiger partial charge in [0, 0.05) is 26.1 Å². The molecule has 4 rings (SSSR count). The molecular weight excluding hydrogens is 244 g/mol. The molecule has 3 unspecified atom stereocenters. The highest BCUT2D eigenvalue weighted by atomic mass is 16.5. The summed E-state index contributed by atoms with van der Waals surface area (Å²) < 4.78 is 5.78. The summed E-state index contributed by atoms with van der Waals surface area (Å²) in [5.74, 6) is 0.203. The number of hydrogen-bond donors (Lipinski definition) is 2. The predicted octanol–water partition coefficient (Wildman–Crippen LogP) is -0.186. The third kappa shape index (κ3) is 1.95. The van der Waals surface area contributed by atoms with Crippen LogP contribution in [0, 0.1) is 0 Å². The maximum Gasteiger partial charge on any atom is 0.240 e. The van der Waals surface area contributed by atoms with Crippen molar-refractivity contribution in [1.82, 2.24) is 20.2 Å². The molecule has 3 aliphatic heterocycles. The number of fused-ring (bicyclic) bond motifs is 3. The number of hydrogen-bond acceptors (Lipinski definition) is 4. The molecule has 1 amide bonds. The number of morpholine rings is 1. The number of aromatic nitrogens is 2. The summed E-state index contributed by atoms with van der Waals surface area (Å²) in [4.78, 5) is 21.9. The van der Waals surface area contributed by atoms with Crippen molar-refractivity contribution in [2.24, 2.45) is 0 Å². The normalized spacial score (nSPS) is 33.3. The number of imidazole rings is 1. The Hall–Kier alpha value is -1.40. The Kier molecular flexibility index (Phi) is 2.60. The zero-order valence-electron chi connectivity index (χ0n) is 10.8. The van der Waals surface area contributed by atoms with E-state index in [1.165, 1.54) is 0 Å². The first kappa shape index (κ1) is 11.4. The van der Waals surface area contributed by atoms with Gasteiger partial charge in [0.15, 0.2) is 0 Å². The number of nitrogens with one attached hydrogen (secondary N) is 2. The van der Waals surface area contributed by atoms with Gasteiger partial charge >= 0.3 is 0 Å². The van der Waals surface area contributed by atoms with E-state index in [2.05, 4.69) is 15.3 Å². The van der Waals surface area contributed by atoms with Crippen LogP contribution < -0.4 is 5.32 Å². The highest BCUT2D eigenvalue weighted by Crippen LogP contribution is 2.27. The molecule has 0 aromatic carbocycles. The second-order valence-corrected chi connectivity index (χ2v) is 5.67. The Bertz CT molecular complexity index is 489. The number of ether oxygens (including phenoxy) is 1. The van der Waals surface area contributed by atoms with Crippen LogP contribution in [0.1, 0.15) is 24.2 Å². The molecular formula is C13H18N4O2. The van der Waals surface area contributed by atoms with E-state index in [9.17, 15) is 4.79 Å². The number of aromatic amines is 1. The lowest BCUT2D eigenvalue weighted by atomic mass is 10.0. The van der Waals surface area contributed by atoms with E-state index in [4.69, 9.17) is 4.74 Å². The van der Waals surface area contributed by atoms with E-state index in [1.54, 1.807) is 6.33 Å². The molecule has 1 aromatic rings. The molecule has 3 aliphatic rings. The van der Waals surface area contributed by atoms with Gasteiger partial charge in [0.2, 0.25) is 5.91 Å². The Morgan fingerprint density at radius 1 is 1.37 bits per heavy atom. The minimum Gasteiger partial charge on any atom is -0.371 e. The van der Waals surface area contributed by atoms with Crippen molar-refractivity contribution in [3.63, 3.8) is 0 Å². The Labute approximate surface area is 111 Å². The first-order valence-electron chi connectivity index (χ1n) is 6.98. The van der Waals surface area contributed by atoms with Gasteiger partial charge in [0.05, 0.1) is 36.0 Å². The van der Waals surface area contributed by atoms with Crippen LogP contribution in [-0.2, 0) is 22.5 Å². The average Bonchev–Trinajstić information content (AvgIpc) is 3.03. The molecule has 2 bridgehead atoms. The van der Waals surface area contributed by atoms with E-state index in [0.717, 1.165) is 37.3 Å². The molecule has 4 heterocycles. The number of carbonyl (C=O) groups excluding carboxylic acids is 1. The molecule has 2 fully saturated rings. The van der Waals surface area contributed by atoms with Crippen LogP contribution in [0.3, 0.4) is 0 Å². The Balaban J connectivity index is 1.47. The lowest BCUT2D eigenvalue weighted by molar-refractivity contribution is -0.142. The lowest BCUT2D eigenvalue weighted by Crippen LogP contribution is -2.54. The molecule has 2 N–H and O–H groups in total. The van der Waals surface area contributed by atoms with E-state index in [-0.39, 0.29) is 24.2 Å². The number of rotatable bonds is 1. The van der Waals surface area contributed by atoms with Crippen molar-refractivity contribution in [2.45, 2.75) is 44.1 Å². The zero-order chi connectivity index (χ0) is 12.8. The van der Waals surface area contributed by atoms with Gasteiger partial charge in [-0.15, -0.1) is 0 Å². The van der Waals surface area contributed by atoms with Gasteiger partial charge in [-0.25, -0.2) is 4.98 Å². The minimum absolute atomic E-state index is 0.131. The predicted molar refractivity (Wildman–Crippen MR) is 67.4 cm³/mol. The van der Waals surface area contributed by atoms with Crippen molar-refractivity contribution in [3.8, 4) is 0 Å². The maximum atomic E-state index is 12.6. The van der Waals surface area contributed by atoms with Crippen LogP contribution in [0.25, 0.3) is 0 Å². The molecule has 3 atom stereocenters. The zero-order valence-corrected chi connectivity index (χ0v) is 10.8. The second kappa shape index (κ2) is 4.31. The Morgan fingerprint density at radius 2 is 2.16 bits per heavy atom. The van der Waals surface area contributed by atoms with E-state index >= 15 is 0 Å². The molecule has 0 saturated carbocycles. The molecule has 102 valence electrons. The SMILES string of the molecule is O=C(C1Cc2nc[nH]c2CN1)N1CC2CCC(C1)O2. The van der Waals surface area contributed by atoms with Crippen molar-refractivity contribution >= 4 is 5.91 Å². The largest absolute Gasteiger partial charge is 0.371 e. The number of amides is 1. The van der Waals surface area contributed by atoms with Crippen LogP contribution in [0.4, 0.5) is 0 Å². The molecule has 0 spiro atoms. The third-order valence-corrected chi connectivity index (χ3v) is 4.38. The van der Waals surface area contributed by atoms with Crippen molar-refractivity contribution in [1.29, 1.82) is 0 Å². The molecule has 0 radical (unpaired) electrons. The monoisotopic (exact) mass is 262 g/mol. The van der Waals surface area contributed by atoms with Gasteiger partial charge in [0.1, 0.15) is 0 Å². The van der Waals surface area contributed by atoms with Crippen LogP contribution in [-0.4, -0.2) is 52.1 Å². The van der Waals surface area contributed by atoms with Crippen molar-refractivity contribution in [2.75, 3.05) is 13.1 Å². The minimum atomic E-state index is -0.131. The van der Waals surface area contributed by atoms with Crippen molar-refractivity contribution < 1.29 is 9.53 Å². The molecule has 1 aromatic heterocycles. The van der Waals surface area contributed by atoms with Crippen LogP contribution in [0.5, 0.6) is 0 Å². The maximum absolute atomic E-state index is 12.6. The van der Waals surface area contributed by atoms with Gasteiger partial charge in [-0.3, -0.25) is 10.1 Å². The summed E-state index contributed by atoms with van der Waals surface area (Å²) in [6, 6.07) is -0.131. The van der Waals surface area contributed by atoms with E-state index in [1.807, 2.05) is 4.90 Å². The summed E-state index contributed by atoms with van der Waals surface area (Å²) in [5, 5.41) is 3.31. The topological polar surface area (TPSA) is 70.2 Å². The first-order chi connectivity index (χ1) is 9.29. The number of H-pyrrole nitrogens is 1. The average molecular weight is 262 g/mol. The van der Waals surface area contributed by atoms with Gasteiger partial charge < -0.3 is 14.6 Å². The standard InChI is InChI=1S/C13H18N4O2/c18-13(17-5-8-1-2-9(6-17)19-8)11-3-10-12(4-14-11)16-7-15-10/h7-9,11,14H,1-6H2,(H,15,16). The van der Waals surface area contributed by atoms with Crippen LogP contribution >= 0.6 is 0 Å². The van der Waals surface area contributed by atoms with E-state index in [0.29, 0.717) is 13.0 Å². The molecule has 0 aliphatic carbocycles.